The molecule has 0 radical (unpaired) electrons. The molecule has 0 aromatic heterocycles. The summed E-state index contributed by atoms with van der Waals surface area (Å²) in [6.07, 6.45) is 4.97. The molecule has 2 amide bonds. The summed E-state index contributed by atoms with van der Waals surface area (Å²) in [5.41, 5.74) is 5.85. The molecule has 2 aromatic rings. The highest BCUT2D eigenvalue weighted by Gasteiger charge is 2.56. The molecule has 12 heteroatoms. The van der Waals surface area contributed by atoms with Crippen LogP contribution in [0.4, 0.5) is 0 Å². The van der Waals surface area contributed by atoms with Crippen LogP contribution < -0.4 is 24.8 Å². The van der Waals surface area contributed by atoms with E-state index in [1.165, 1.54) is 0 Å². The van der Waals surface area contributed by atoms with Crippen LogP contribution in [0.2, 0.25) is 0 Å². The monoisotopic (exact) mass is 701 g/mol. The molecule has 0 spiro atoms. The number of rotatable bonds is 11. The maximum Gasteiger partial charge on any atom is 0.311 e. The Kier molecular flexibility index (Phi) is 10.5. The predicted molar refractivity (Wildman–Crippen MR) is 190 cm³/mol. The van der Waals surface area contributed by atoms with Crippen molar-refractivity contribution in [3.63, 3.8) is 0 Å². The van der Waals surface area contributed by atoms with Gasteiger partial charge in [0.2, 0.25) is 18.6 Å². The van der Waals surface area contributed by atoms with Crippen molar-refractivity contribution in [1.82, 2.24) is 20.4 Å². The number of carbonyl (C=O) groups excluding carboxylic acids is 3. The molecule has 6 rings (SSSR count). The summed E-state index contributed by atoms with van der Waals surface area (Å²) in [4.78, 5) is 43.5. The Labute approximate surface area is 300 Å². The van der Waals surface area contributed by atoms with E-state index in [2.05, 4.69) is 39.5 Å². The van der Waals surface area contributed by atoms with E-state index in [0.717, 1.165) is 41.5 Å². The van der Waals surface area contributed by atoms with Crippen LogP contribution in [0.25, 0.3) is 0 Å². The van der Waals surface area contributed by atoms with Gasteiger partial charge in [-0.25, -0.2) is 0 Å². The number of carbonyl (C=O) groups is 3. The summed E-state index contributed by atoms with van der Waals surface area (Å²) < 4.78 is 18.2. The lowest BCUT2D eigenvalue weighted by molar-refractivity contribution is -0.134. The number of esters is 1. The minimum atomic E-state index is -0.772. The maximum absolute atomic E-state index is 13.5. The zero-order valence-corrected chi connectivity index (χ0v) is 30.9. The van der Waals surface area contributed by atoms with Gasteiger partial charge in [-0.3, -0.25) is 24.2 Å². The summed E-state index contributed by atoms with van der Waals surface area (Å²) in [5.74, 6) is 0.828. The molecular formula is C39H51N5O7. The molecule has 2 unspecified atom stereocenters. The third-order valence-electron chi connectivity index (χ3n) is 11.4. The average molecular weight is 702 g/mol. The van der Waals surface area contributed by atoms with E-state index < -0.39 is 18.1 Å². The largest absolute Gasteiger partial charge is 0.507 e. The molecule has 12 nitrogen and oxygen atoms in total. The van der Waals surface area contributed by atoms with Crippen LogP contribution in [0, 0.1) is 32.1 Å². The topological polar surface area (TPSA) is 153 Å². The Morgan fingerprint density at radius 3 is 2.49 bits per heavy atom. The number of phenolic OH excluding ortho intramolecular Hbond substituents is 1. The fourth-order valence-electron chi connectivity index (χ4n) is 8.66. The van der Waals surface area contributed by atoms with Crippen molar-refractivity contribution in [2.45, 2.75) is 129 Å². The smallest absolute Gasteiger partial charge is 0.311 e. The third kappa shape index (κ3) is 6.40. The molecule has 274 valence electrons. The molecule has 3 N–H and O–H groups in total. The number of benzene rings is 2. The fourth-order valence-corrected chi connectivity index (χ4v) is 8.66. The Hall–Kier alpha value is -4.34. The fraction of sp³-hybridized carbons (Fsp3) is 0.590. The summed E-state index contributed by atoms with van der Waals surface area (Å²) in [7, 11) is 2.03. The number of fused-ring (bicyclic) bond motifs is 9. The number of nitrogens with zero attached hydrogens (tertiary/aromatic N) is 3. The summed E-state index contributed by atoms with van der Waals surface area (Å²) in [6, 6.07) is 1.97. The number of aryl methyl sites for hydroxylation is 1. The second-order valence-electron chi connectivity index (χ2n) is 14.6. The van der Waals surface area contributed by atoms with E-state index in [9.17, 15) is 24.8 Å². The van der Waals surface area contributed by atoms with Crippen LogP contribution >= 0.6 is 0 Å². The number of phenols is 1. The van der Waals surface area contributed by atoms with Crippen molar-refractivity contribution in [1.29, 1.82) is 5.26 Å². The van der Waals surface area contributed by atoms with Gasteiger partial charge in [-0.1, -0.05) is 32.8 Å². The zero-order valence-electron chi connectivity index (χ0n) is 30.9. The lowest BCUT2D eigenvalue weighted by atomic mass is 9.71. The molecule has 6 atom stereocenters. The van der Waals surface area contributed by atoms with Gasteiger partial charge in [0, 0.05) is 53.7 Å². The van der Waals surface area contributed by atoms with Gasteiger partial charge in [-0.05, 0) is 77.1 Å². The molecule has 51 heavy (non-hydrogen) atoms. The van der Waals surface area contributed by atoms with Gasteiger partial charge < -0.3 is 30.0 Å². The van der Waals surface area contributed by atoms with Gasteiger partial charge in [0.1, 0.15) is 23.6 Å². The molecule has 4 aliphatic heterocycles. The second-order valence-corrected chi connectivity index (χ2v) is 14.6. The standard InChI is InChI=1S/C39H51N5O7/c1-8-10-11-13-31(46)51-36-21(4)20(3)14-24-15-26-28(17-40)44-27(34(32(24)36)43(26)7)16-25-33(38-37(49-19-50-38)22(5)35(25)47)29(44)18-41-39(48)23(6)42-30(45)12-9-2/h14,23,26-29,34,47H,8-13,15-16,18-19H2,1-7H3,(H,41,48)(H,42,45)/t23?,26-,27?,28-,29-,34-/m0/s1. The molecule has 2 bridgehead atoms. The first-order valence-electron chi connectivity index (χ1n) is 18.4. The van der Waals surface area contributed by atoms with Crippen LogP contribution in [0.3, 0.4) is 0 Å². The van der Waals surface area contributed by atoms with Crippen molar-refractivity contribution < 1.29 is 33.7 Å². The molecule has 4 aliphatic rings. The second kappa shape index (κ2) is 14.7. The van der Waals surface area contributed by atoms with Crippen molar-refractivity contribution in [2.24, 2.45) is 0 Å². The highest BCUT2D eigenvalue weighted by atomic mass is 16.7. The molecule has 1 fully saturated rings. The van der Waals surface area contributed by atoms with Crippen LogP contribution in [-0.4, -0.2) is 77.2 Å². The average Bonchev–Trinajstić information content (AvgIpc) is 3.59. The van der Waals surface area contributed by atoms with E-state index in [1.807, 2.05) is 27.8 Å². The normalized spacial score (nSPS) is 23.7. The minimum absolute atomic E-state index is 0.0102. The highest BCUT2D eigenvalue weighted by Crippen LogP contribution is 2.57. The Bertz CT molecular complexity index is 1770. The molecule has 1 saturated heterocycles. The van der Waals surface area contributed by atoms with Gasteiger partial charge in [-0.15, -0.1) is 0 Å². The van der Waals surface area contributed by atoms with Crippen molar-refractivity contribution in [3.05, 3.63) is 45.0 Å². The number of likely N-dealkylation sites (N-methyl/N-ethyl adjacent to an activating group) is 1. The first-order valence-corrected chi connectivity index (χ1v) is 18.4. The van der Waals surface area contributed by atoms with Crippen molar-refractivity contribution in [2.75, 3.05) is 20.4 Å². The quantitative estimate of drug-likeness (QED) is 0.170. The number of nitriles is 1. The minimum Gasteiger partial charge on any atom is -0.507 e. The molecule has 2 aromatic carbocycles. The zero-order chi connectivity index (χ0) is 36.7. The van der Waals surface area contributed by atoms with E-state index in [0.29, 0.717) is 66.0 Å². The first-order chi connectivity index (χ1) is 24.4. The van der Waals surface area contributed by atoms with Crippen LogP contribution in [0.5, 0.6) is 23.0 Å². The Morgan fingerprint density at radius 1 is 1.04 bits per heavy atom. The lowest BCUT2D eigenvalue weighted by Gasteiger charge is -2.60. The number of ether oxygens (including phenoxy) is 3. The van der Waals surface area contributed by atoms with Gasteiger partial charge in [-0.2, -0.15) is 5.26 Å². The van der Waals surface area contributed by atoms with E-state index in [-0.39, 0.29) is 55.0 Å². The van der Waals surface area contributed by atoms with E-state index in [1.54, 1.807) is 13.8 Å². The van der Waals surface area contributed by atoms with Gasteiger partial charge >= 0.3 is 5.97 Å². The van der Waals surface area contributed by atoms with Crippen LogP contribution in [0.1, 0.15) is 110 Å². The Morgan fingerprint density at radius 2 is 1.78 bits per heavy atom. The number of amides is 2. The molecule has 0 saturated carbocycles. The highest BCUT2D eigenvalue weighted by molar-refractivity contribution is 5.87. The van der Waals surface area contributed by atoms with E-state index >= 15 is 0 Å². The summed E-state index contributed by atoms with van der Waals surface area (Å²) in [6.45, 7) is 11.5. The number of nitrogens with one attached hydrogen (secondary N) is 2. The molecular weight excluding hydrogens is 650 g/mol. The van der Waals surface area contributed by atoms with Crippen molar-refractivity contribution >= 4 is 17.8 Å². The number of unbranched alkanes of at least 4 members (excludes halogenated alkanes) is 2. The Balaban J connectivity index is 1.46. The molecule has 4 heterocycles. The number of hydrogen-bond donors (Lipinski definition) is 3. The van der Waals surface area contributed by atoms with E-state index in [4.69, 9.17) is 14.2 Å². The molecule has 0 aliphatic carbocycles. The first kappa shape index (κ1) is 36.5. The SMILES string of the molecule is CCCCCC(=O)Oc1c(C)c(C)cc2c1[C@@H]1C3Cc4c(O)c(C)c5c(c4[C@H](CNC(=O)C(C)NC(=O)CCC)N3[C@@H](C#N)[C@H](C2)N1C)OCO5. The summed E-state index contributed by atoms with van der Waals surface area (Å²) >= 11 is 0. The number of aromatic hydroxyl groups is 1. The lowest BCUT2D eigenvalue weighted by Crippen LogP contribution is -2.69. The summed E-state index contributed by atoms with van der Waals surface area (Å²) in [5, 5.41) is 28.5. The third-order valence-corrected chi connectivity index (χ3v) is 11.4. The predicted octanol–water partition coefficient (Wildman–Crippen LogP) is 4.72. The van der Waals surface area contributed by atoms with Gasteiger partial charge in [0.15, 0.2) is 11.5 Å². The van der Waals surface area contributed by atoms with Gasteiger partial charge in [0.05, 0.1) is 18.2 Å². The number of piperazine rings is 1. The maximum atomic E-state index is 13.5. The van der Waals surface area contributed by atoms with Crippen molar-refractivity contribution in [3.8, 4) is 29.1 Å². The van der Waals surface area contributed by atoms with Crippen LogP contribution in [-0.2, 0) is 27.2 Å². The van der Waals surface area contributed by atoms with Crippen LogP contribution in [0.15, 0.2) is 6.07 Å². The van der Waals surface area contributed by atoms with Gasteiger partial charge in [0.25, 0.3) is 0 Å². The number of hydrogen-bond acceptors (Lipinski definition) is 10.